The molecule has 2 heteroatoms. The molecule has 1 rings (SSSR count). The van der Waals surface area contributed by atoms with Gasteiger partial charge in [-0.2, -0.15) is 0 Å². The zero-order valence-corrected chi connectivity index (χ0v) is 9.76. The topological polar surface area (TPSA) is 26.0 Å². The zero-order chi connectivity index (χ0) is 11.4. The summed E-state index contributed by atoms with van der Waals surface area (Å²) < 4.78 is 13.5. The van der Waals surface area contributed by atoms with Crippen molar-refractivity contribution in [3.63, 3.8) is 0 Å². The van der Waals surface area contributed by atoms with Crippen molar-refractivity contribution in [2.24, 2.45) is 11.7 Å². The molecule has 0 amide bonds. The van der Waals surface area contributed by atoms with E-state index in [1.54, 1.807) is 12.1 Å². The van der Waals surface area contributed by atoms with Crippen molar-refractivity contribution in [1.29, 1.82) is 0 Å². The van der Waals surface area contributed by atoms with Gasteiger partial charge in [-0.25, -0.2) is 4.39 Å². The van der Waals surface area contributed by atoms with Crippen LogP contribution >= 0.6 is 0 Å². The fourth-order valence-electron chi connectivity index (χ4n) is 1.60. The van der Waals surface area contributed by atoms with Gasteiger partial charge in [0.15, 0.2) is 0 Å². The first-order chi connectivity index (χ1) is 7.00. The van der Waals surface area contributed by atoms with Crippen LogP contribution in [0.4, 0.5) is 4.39 Å². The summed E-state index contributed by atoms with van der Waals surface area (Å²) >= 11 is 0. The molecule has 0 radical (unpaired) electrons. The van der Waals surface area contributed by atoms with Crippen molar-refractivity contribution in [3.05, 3.63) is 35.1 Å². The maximum Gasteiger partial charge on any atom is 0.128 e. The first-order valence-electron chi connectivity index (χ1n) is 5.52. The van der Waals surface area contributed by atoms with E-state index in [0.717, 1.165) is 18.4 Å². The summed E-state index contributed by atoms with van der Waals surface area (Å²) in [6, 6.07) is 5.08. The Balaban J connectivity index is 2.69. The minimum absolute atomic E-state index is 0.173. The number of nitrogens with two attached hydrogens (primary N) is 1. The van der Waals surface area contributed by atoms with Crippen molar-refractivity contribution in [2.75, 3.05) is 0 Å². The molecular formula is C13H20FN. The third kappa shape index (κ3) is 3.63. The molecule has 0 bridgehead atoms. The van der Waals surface area contributed by atoms with E-state index in [-0.39, 0.29) is 11.9 Å². The normalized spacial score (nSPS) is 13.2. The van der Waals surface area contributed by atoms with Gasteiger partial charge in [-0.05, 0) is 37.3 Å². The van der Waals surface area contributed by atoms with Crippen molar-refractivity contribution in [3.8, 4) is 0 Å². The summed E-state index contributed by atoms with van der Waals surface area (Å²) in [6.45, 7) is 6.18. The number of halogens is 1. The quantitative estimate of drug-likeness (QED) is 0.806. The Kier molecular flexibility index (Phi) is 4.28. The molecule has 0 aliphatic rings. The van der Waals surface area contributed by atoms with E-state index in [1.807, 2.05) is 13.0 Å². The lowest BCUT2D eigenvalue weighted by atomic mass is 9.97. The van der Waals surface area contributed by atoms with Gasteiger partial charge in [0.1, 0.15) is 5.82 Å². The highest BCUT2D eigenvalue weighted by atomic mass is 19.1. The molecule has 0 unspecified atom stereocenters. The first-order valence-corrected chi connectivity index (χ1v) is 5.52. The lowest BCUT2D eigenvalue weighted by molar-refractivity contribution is 0.491. The molecule has 1 aromatic carbocycles. The third-order valence-corrected chi connectivity index (χ3v) is 2.61. The van der Waals surface area contributed by atoms with Crippen LogP contribution in [0.3, 0.4) is 0 Å². The summed E-state index contributed by atoms with van der Waals surface area (Å²) in [7, 11) is 0. The fraction of sp³-hybridized carbons (Fsp3) is 0.538. The van der Waals surface area contributed by atoms with Crippen LogP contribution in [-0.2, 0) is 0 Å². The second-order valence-corrected chi connectivity index (χ2v) is 4.60. The van der Waals surface area contributed by atoms with E-state index in [1.165, 1.54) is 0 Å². The minimum Gasteiger partial charge on any atom is -0.324 e. The Morgan fingerprint density at radius 1 is 1.27 bits per heavy atom. The molecule has 1 atom stereocenters. The molecule has 84 valence electrons. The second kappa shape index (κ2) is 5.26. The number of hydrogen-bond donors (Lipinski definition) is 1. The molecule has 2 N–H and O–H groups in total. The number of hydrogen-bond acceptors (Lipinski definition) is 1. The van der Waals surface area contributed by atoms with E-state index < -0.39 is 0 Å². The summed E-state index contributed by atoms with van der Waals surface area (Å²) in [6.07, 6.45) is 1.88. The maximum absolute atomic E-state index is 13.5. The van der Waals surface area contributed by atoms with Crippen LogP contribution in [0.25, 0.3) is 0 Å². The van der Waals surface area contributed by atoms with E-state index in [4.69, 9.17) is 5.73 Å². The van der Waals surface area contributed by atoms with Gasteiger partial charge in [0.05, 0.1) is 0 Å². The smallest absolute Gasteiger partial charge is 0.128 e. The molecule has 0 heterocycles. The van der Waals surface area contributed by atoms with Gasteiger partial charge in [-0.1, -0.05) is 26.0 Å². The Hall–Kier alpha value is -0.890. The van der Waals surface area contributed by atoms with Gasteiger partial charge in [0, 0.05) is 11.6 Å². The highest BCUT2D eigenvalue weighted by molar-refractivity contribution is 5.25. The Morgan fingerprint density at radius 3 is 2.47 bits per heavy atom. The molecule has 0 spiro atoms. The lowest BCUT2D eigenvalue weighted by Gasteiger charge is -2.14. The SMILES string of the molecule is Cc1ccc([C@H](N)CCC(C)C)c(F)c1. The van der Waals surface area contributed by atoms with Crippen molar-refractivity contribution in [2.45, 2.75) is 39.7 Å². The van der Waals surface area contributed by atoms with Gasteiger partial charge in [-0.15, -0.1) is 0 Å². The van der Waals surface area contributed by atoms with Gasteiger partial charge in [0.2, 0.25) is 0 Å². The van der Waals surface area contributed by atoms with Crippen LogP contribution in [0, 0.1) is 18.7 Å². The highest BCUT2D eigenvalue weighted by Gasteiger charge is 2.11. The molecule has 0 saturated carbocycles. The summed E-state index contributed by atoms with van der Waals surface area (Å²) in [5.41, 5.74) is 7.53. The van der Waals surface area contributed by atoms with E-state index >= 15 is 0 Å². The Bertz CT molecular complexity index is 320. The summed E-state index contributed by atoms with van der Waals surface area (Å²) in [5, 5.41) is 0. The Labute approximate surface area is 91.5 Å². The number of aryl methyl sites for hydroxylation is 1. The van der Waals surface area contributed by atoms with Crippen LogP contribution in [0.2, 0.25) is 0 Å². The molecule has 0 aliphatic heterocycles. The predicted octanol–water partition coefficient (Wildman–Crippen LogP) is 3.57. The van der Waals surface area contributed by atoms with Gasteiger partial charge in [-0.3, -0.25) is 0 Å². The molecule has 1 aromatic rings. The molecule has 15 heavy (non-hydrogen) atoms. The summed E-state index contributed by atoms with van der Waals surface area (Å²) in [4.78, 5) is 0. The largest absolute Gasteiger partial charge is 0.324 e. The van der Waals surface area contributed by atoms with Crippen LogP contribution in [0.5, 0.6) is 0 Å². The average Bonchev–Trinajstić information content (AvgIpc) is 2.14. The Morgan fingerprint density at radius 2 is 1.93 bits per heavy atom. The second-order valence-electron chi connectivity index (χ2n) is 4.60. The maximum atomic E-state index is 13.5. The van der Waals surface area contributed by atoms with Crippen LogP contribution in [-0.4, -0.2) is 0 Å². The van der Waals surface area contributed by atoms with Crippen molar-refractivity contribution < 1.29 is 4.39 Å². The molecular weight excluding hydrogens is 189 g/mol. The molecule has 1 nitrogen and oxygen atoms in total. The van der Waals surface area contributed by atoms with Crippen LogP contribution in [0.15, 0.2) is 18.2 Å². The first kappa shape index (κ1) is 12.2. The van der Waals surface area contributed by atoms with E-state index in [2.05, 4.69) is 13.8 Å². The summed E-state index contributed by atoms with van der Waals surface area (Å²) in [5.74, 6) is 0.441. The average molecular weight is 209 g/mol. The number of rotatable bonds is 4. The van der Waals surface area contributed by atoms with Gasteiger partial charge in [0.25, 0.3) is 0 Å². The standard InChI is InChI=1S/C13H20FN/c1-9(2)4-7-13(15)11-6-5-10(3)8-12(11)14/h5-6,8-9,13H,4,7,15H2,1-3H3/t13-/m1/s1. The lowest BCUT2D eigenvalue weighted by Crippen LogP contribution is -2.13. The highest BCUT2D eigenvalue weighted by Crippen LogP contribution is 2.21. The monoisotopic (exact) mass is 209 g/mol. The van der Waals surface area contributed by atoms with Crippen molar-refractivity contribution >= 4 is 0 Å². The van der Waals surface area contributed by atoms with E-state index in [0.29, 0.717) is 11.5 Å². The van der Waals surface area contributed by atoms with Crippen molar-refractivity contribution in [1.82, 2.24) is 0 Å². The molecule has 0 aliphatic carbocycles. The number of benzene rings is 1. The van der Waals surface area contributed by atoms with E-state index in [9.17, 15) is 4.39 Å². The predicted molar refractivity (Wildman–Crippen MR) is 62.1 cm³/mol. The molecule has 0 fully saturated rings. The zero-order valence-electron chi connectivity index (χ0n) is 9.76. The third-order valence-electron chi connectivity index (χ3n) is 2.61. The fourth-order valence-corrected chi connectivity index (χ4v) is 1.60. The van der Waals surface area contributed by atoms with Gasteiger partial charge >= 0.3 is 0 Å². The van der Waals surface area contributed by atoms with Crippen LogP contribution < -0.4 is 5.73 Å². The van der Waals surface area contributed by atoms with Gasteiger partial charge < -0.3 is 5.73 Å². The molecule has 0 saturated heterocycles. The van der Waals surface area contributed by atoms with Crippen LogP contribution in [0.1, 0.15) is 43.9 Å². The minimum atomic E-state index is -0.175. The molecule has 0 aromatic heterocycles.